The predicted molar refractivity (Wildman–Crippen MR) is 85.8 cm³/mol. The van der Waals surface area contributed by atoms with Crippen LogP contribution in [0.25, 0.3) is 0 Å². The molecule has 118 valence electrons. The fourth-order valence-corrected chi connectivity index (χ4v) is 4.75. The molecule has 1 saturated heterocycles. The molecule has 4 nitrogen and oxygen atoms in total. The summed E-state index contributed by atoms with van der Waals surface area (Å²) >= 11 is 0. The molecule has 1 aromatic carbocycles. The number of sulfonamides is 1. The summed E-state index contributed by atoms with van der Waals surface area (Å²) in [5, 5.41) is 3.36. The zero-order valence-electron chi connectivity index (χ0n) is 13.0. The van der Waals surface area contributed by atoms with E-state index in [4.69, 9.17) is 0 Å². The number of benzene rings is 1. The molecule has 0 aliphatic carbocycles. The van der Waals surface area contributed by atoms with Crippen LogP contribution in [-0.2, 0) is 10.0 Å². The zero-order chi connectivity index (χ0) is 15.3. The minimum atomic E-state index is -3.39. The van der Waals surface area contributed by atoms with Crippen molar-refractivity contribution in [1.29, 1.82) is 0 Å². The highest BCUT2D eigenvalue weighted by Gasteiger charge is 2.28. The standard InChI is InChI=1S/C16H26N2O2S/c1-3-11-18(13-15-8-6-10-17-12-15)21(19,20)16-9-5-4-7-14(16)2/h4-5,7,9,15,17H,3,6,8,10-13H2,1-2H3. The molecule has 0 radical (unpaired) electrons. The monoisotopic (exact) mass is 310 g/mol. The van der Waals surface area contributed by atoms with Gasteiger partial charge in [0.05, 0.1) is 4.90 Å². The first-order valence-corrected chi connectivity index (χ1v) is 9.26. The second kappa shape index (κ2) is 7.38. The third-order valence-corrected chi connectivity index (χ3v) is 6.07. The van der Waals surface area contributed by atoms with Crippen molar-refractivity contribution >= 4 is 10.0 Å². The van der Waals surface area contributed by atoms with Gasteiger partial charge in [0.1, 0.15) is 0 Å². The van der Waals surface area contributed by atoms with Gasteiger partial charge in [0, 0.05) is 13.1 Å². The van der Waals surface area contributed by atoms with Crippen molar-refractivity contribution in [2.45, 2.75) is 38.0 Å². The van der Waals surface area contributed by atoms with Crippen molar-refractivity contribution < 1.29 is 8.42 Å². The summed E-state index contributed by atoms with van der Waals surface area (Å²) in [6, 6.07) is 7.25. The van der Waals surface area contributed by atoms with Crippen LogP contribution < -0.4 is 5.32 Å². The van der Waals surface area contributed by atoms with Crippen LogP contribution in [0, 0.1) is 12.8 Å². The minimum Gasteiger partial charge on any atom is -0.316 e. The molecule has 2 rings (SSSR count). The summed E-state index contributed by atoms with van der Waals surface area (Å²) in [6.07, 6.45) is 3.08. The molecule has 21 heavy (non-hydrogen) atoms. The molecule has 0 aromatic heterocycles. The lowest BCUT2D eigenvalue weighted by Crippen LogP contribution is -2.41. The van der Waals surface area contributed by atoms with Gasteiger partial charge in [-0.15, -0.1) is 0 Å². The van der Waals surface area contributed by atoms with Crippen molar-refractivity contribution in [1.82, 2.24) is 9.62 Å². The van der Waals surface area contributed by atoms with E-state index in [9.17, 15) is 8.42 Å². The van der Waals surface area contributed by atoms with Crippen LogP contribution in [0.1, 0.15) is 31.7 Å². The maximum atomic E-state index is 12.9. The van der Waals surface area contributed by atoms with Gasteiger partial charge in [-0.05, 0) is 56.8 Å². The number of nitrogens with zero attached hydrogens (tertiary/aromatic N) is 1. The van der Waals surface area contributed by atoms with E-state index in [2.05, 4.69) is 5.32 Å². The minimum absolute atomic E-state index is 0.420. The molecule has 0 saturated carbocycles. The van der Waals surface area contributed by atoms with Gasteiger partial charge in [0.15, 0.2) is 0 Å². The van der Waals surface area contributed by atoms with Crippen LogP contribution in [0.15, 0.2) is 29.2 Å². The van der Waals surface area contributed by atoms with E-state index in [1.807, 2.05) is 26.0 Å². The molecule has 5 heteroatoms. The molecular weight excluding hydrogens is 284 g/mol. The maximum absolute atomic E-state index is 12.9. The van der Waals surface area contributed by atoms with E-state index >= 15 is 0 Å². The Kier molecular flexibility index (Phi) is 5.79. The van der Waals surface area contributed by atoms with Gasteiger partial charge in [-0.25, -0.2) is 8.42 Å². The number of piperidine rings is 1. The van der Waals surface area contributed by atoms with Gasteiger partial charge in [-0.2, -0.15) is 4.31 Å². The van der Waals surface area contributed by atoms with Crippen LogP contribution in [0.3, 0.4) is 0 Å². The first-order valence-electron chi connectivity index (χ1n) is 7.82. The van der Waals surface area contributed by atoms with Crippen molar-refractivity contribution in [3.8, 4) is 0 Å². The summed E-state index contributed by atoms with van der Waals surface area (Å²) in [4.78, 5) is 0.446. The third-order valence-electron chi connectivity index (χ3n) is 4.05. The molecular formula is C16H26N2O2S. The van der Waals surface area contributed by atoms with Crippen molar-refractivity contribution in [2.75, 3.05) is 26.2 Å². The lowest BCUT2D eigenvalue weighted by molar-refractivity contribution is 0.291. The number of nitrogens with one attached hydrogen (secondary N) is 1. The maximum Gasteiger partial charge on any atom is 0.243 e. The first kappa shape index (κ1) is 16.5. The van der Waals surface area contributed by atoms with E-state index in [1.54, 1.807) is 16.4 Å². The smallest absolute Gasteiger partial charge is 0.243 e. The van der Waals surface area contributed by atoms with E-state index in [-0.39, 0.29) is 0 Å². The quantitative estimate of drug-likeness (QED) is 0.878. The Balaban J connectivity index is 2.21. The zero-order valence-corrected chi connectivity index (χ0v) is 13.8. The Labute approximate surface area is 128 Å². The molecule has 0 amide bonds. The fraction of sp³-hybridized carbons (Fsp3) is 0.625. The van der Waals surface area contributed by atoms with Gasteiger partial charge < -0.3 is 5.32 Å². The second-order valence-corrected chi connectivity index (χ2v) is 7.75. The highest BCUT2D eigenvalue weighted by molar-refractivity contribution is 7.89. The normalized spacial score (nSPS) is 19.9. The number of hydrogen-bond donors (Lipinski definition) is 1. The molecule has 1 heterocycles. The van der Waals surface area contributed by atoms with Gasteiger partial charge in [0.2, 0.25) is 10.0 Å². The molecule has 1 N–H and O–H groups in total. The van der Waals surface area contributed by atoms with Crippen LogP contribution in [0.5, 0.6) is 0 Å². The Hall–Kier alpha value is -0.910. The molecule has 0 spiro atoms. The molecule has 1 fully saturated rings. The van der Waals surface area contributed by atoms with Gasteiger partial charge in [0.25, 0.3) is 0 Å². The Morgan fingerprint density at radius 2 is 2.10 bits per heavy atom. The van der Waals surface area contributed by atoms with E-state index < -0.39 is 10.0 Å². The van der Waals surface area contributed by atoms with E-state index in [1.165, 1.54) is 0 Å². The average Bonchev–Trinajstić information content (AvgIpc) is 2.48. The van der Waals surface area contributed by atoms with Crippen LogP contribution >= 0.6 is 0 Å². The highest BCUT2D eigenvalue weighted by Crippen LogP contribution is 2.22. The molecule has 1 aliphatic heterocycles. The molecule has 1 aromatic rings. The second-order valence-electron chi connectivity index (χ2n) is 5.84. The SMILES string of the molecule is CCCN(CC1CCCNC1)S(=O)(=O)c1ccccc1C. The number of aryl methyl sites for hydroxylation is 1. The predicted octanol–water partition coefficient (Wildman–Crippen LogP) is 2.40. The summed E-state index contributed by atoms with van der Waals surface area (Å²) < 4.78 is 27.5. The average molecular weight is 310 g/mol. The lowest BCUT2D eigenvalue weighted by Gasteiger charge is -2.29. The molecule has 1 unspecified atom stereocenters. The number of hydrogen-bond acceptors (Lipinski definition) is 3. The molecule has 0 bridgehead atoms. The van der Waals surface area contributed by atoms with Crippen molar-refractivity contribution in [2.24, 2.45) is 5.92 Å². The molecule has 1 atom stereocenters. The Morgan fingerprint density at radius 3 is 2.71 bits per heavy atom. The van der Waals surface area contributed by atoms with Crippen molar-refractivity contribution in [3.63, 3.8) is 0 Å². The largest absolute Gasteiger partial charge is 0.316 e. The lowest BCUT2D eigenvalue weighted by atomic mass is 10.00. The summed E-state index contributed by atoms with van der Waals surface area (Å²) in [7, 11) is -3.39. The summed E-state index contributed by atoms with van der Waals surface area (Å²) in [5.74, 6) is 0.420. The van der Waals surface area contributed by atoms with Crippen molar-refractivity contribution in [3.05, 3.63) is 29.8 Å². The topological polar surface area (TPSA) is 49.4 Å². The van der Waals surface area contributed by atoms with E-state index in [0.717, 1.165) is 37.9 Å². The van der Waals surface area contributed by atoms with Crippen LogP contribution in [-0.4, -0.2) is 38.9 Å². The third kappa shape index (κ3) is 4.05. The summed E-state index contributed by atoms with van der Waals surface area (Å²) in [5.41, 5.74) is 0.820. The first-order chi connectivity index (χ1) is 10.1. The number of rotatable bonds is 6. The molecule has 1 aliphatic rings. The van der Waals surface area contributed by atoms with Crippen LogP contribution in [0.2, 0.25) is 0 Å². The fourth-order valence-electron chi connectivity index (χ4n) is 2.91. The highest BCUT2D eigenvalue weighted by atomic mass is 32.2. The van der Waals surface area contributed by atoms with Crippen LogP contribution in [0.4, 0.5) is 0 Å². The van der Waals surface area contributed by atoms with Gasteiger partial charge >= 0.3 is 0 Å². The van der Waals surface area contributed by atoms with E-state index in [0.29, 0.717) is 23.9 Å². The Morgan fingerprint density at radius 1 is 1.33 bits per heavy atom. The Bertz CT molecular complexity index is 551. The van der Waals surface area contributed by atoms with Gasteiger partial charge in [-0.3, -0.25) is 0 Å². The van der Waals surface area contributed by atoms with Gasteiger partial charge in [-0.1, -0.05) is 25.1 Å². The summed E-state index contributed by atoms with van der Waals surface area (Å²) in [6.45, 7) is 7.07.